The highest BCUT2D eigenvalue weighted by atomic mass is 32.2. The molecule has 0 saturated carbocycles. The van der Waals surface area contributed by atoms with Crippen LogP contribution in [0.25, 0.3) is 0 Å². The van der Waals surface area contributed by atoms with E-state index in [-0.39, 0.29) is 5.91 Å². The molecule has 1 amide bonds. The van der Waals surface area contributed by atoms with Gasteiger partial charge in [0.05, 0.1) is 18.4 Å². The van der Waals surface area contributed by atoms with E-state index in [1.165, 1.54) is 36.4 Å². The molecule has 2 aliphatic rings. The molecular weight excluding hydrogens is 372 g/mol. The summed E-state index contributed by atoms with van der Waals surface area (Å²) in [5.41, 5.74) is 1.97. The number of amides is 1. The molecule has 2 aromatic rings. The standard InChI is InChI=1S/C22H28N2O3S/c25-22(20-7-11-26-17-20)24-8-1-2-19(15-24)16-27-21-5-3-18(4-6-21)14-23-9-12-28-13-10-23/h3-7,11,17,19H,1-2,8-10,12-16H2/t19-/m1/s1. The molecule has 1 aromatic carbocycles. The van der Waals surface area contributed by atoms with Crippen molar-refractivity contribution in [1.82, 2.24) is 9.80 Å². The Balaban J connectivity index is 1.25. The topological polar surface area (TPSA) is 45.9 Å². The van der Waals surface area contributed by atoms with E-state index in [9.17, 15) is 4.79 Å². The van der Waals surface area contributed by atoms with Gasteiger partial charge >= 0.3 is 0 Å². The summed E-state index contributed by atoms with van der Waals surface area (Å²) in [6.45, 7) is 5.59. The van der Waals surface area contributed by atoms with Crippen molar-refractivity contribution in [2.75, 3.05) is 44.3 Å². The molecule has 0 aliphatic carbocycles. The normalized spacial score (nSPS) is 20.9. The van der Waals surface area contributed by atoms with Crippen LogP contribution >= 0.6 is 11.8 Å². The summed E-state index contributed by atoms with van der Waals surface area (Å²) in [7, 11) is 0. The molecular formula is C22H28N2O3S. The number of carbonyl (C=O) groups is 1. The number of hydrogen-bond donors (Lipinski definition) is 0. The van der Waals surface area contributed by atoms with Crippen molar-refractivity contribution in [2.45, 2.75) is 19.4 Å². The lowest BCUT2D eigenvalue weighted by Crippen LogP contribution is -2.41. The summed E-state index contributed by atoms with van der Waals surface area (Å²) in [5, 5.41) is 0. The Kier molecular flexibility index (Phi) is 6.60. The molecule has 28 heavy (non-hydrogen) atoms. The second kappa shape index (κ2) is 9.52. The number of carbonyl (C=O) groups excluding carboxylic acids is 1. The SMILES string of the molecule is O=C(c1ccoc1)N1CCC[C@@H](COc2ccc(CN3CCSCC3)cc2)C1. The highest BCUT2D eigenvalue weighted by molar-refractivity contribution is 7.99. The summed E-state index contributed by atoms with van der Waals surface area (Å²) >= 11 is 2.04. The van der Waals surface area contributed by atoms with Gasteiger partial charge in [-0.1, -0.05) is 12.1 Å². The minimum absolute atomic E-state index is 0.0546. The monoisotopic (exact) mass is 400 g/mol. The number of ether oxygens (including phenoxy) is 1. The lowest BCUT2D eigenvalue weighted by atomic mass is 9.98. The van der Waals surface area contributed by atoms with E-state index in [0.29, 0.717) is 18.1 Å². The van der Waals surface area contributed by atoms with Crippen molar-refractivity contribution in [3.63, 3.8) is 0 Å². The van der Waals surface area contributed by atoms with Crippen LogP contribution in [0.1, 0.15) is 28.8 Å². The molecule has 0 N–H and O–H groups in total. The van der Waals surface area contributed by atoms with E-state index in [4.69, 9.17) is 9.15 Å². The molecule has 0 unspecified atom stereocenters. The molecule has 1 atom stereocenters. The summed E-state index contributed by atoms with van der Waals surface area (Å²) < 4.78 is 11.1. The number of rotatable bonds is 6. The molecule has 2 aliphatic heterocycles. The first-order chi connectivity index (χ1) is 13.8. The number of hydrogen-bond acceptors (Lipinski definition) is 5. The molecule has 2 fully saturated rings. The van der Waals surface area contributed by atoms with Crippen molar-refractivity contribution in [1.29, 1.82) is 0 Å². The first kappa shape index (κ1) is 19.4. The number of likely N-dealkylation sites (tertiary alicyclic amines) is 1. The number of furan rings is 1. The highest BCUT2D eigenvalue weighted by Crippen LogP contribution is 2.21. The lowest BCUT2D eigenvalue weighted by molar-refractivity contribution is 0.0632. The molecule has 0 radical (unpaired) electrons. The van der Waals surface area contributed by atoms with Gasteiger partial charge in [0, 0.05) is 50.1 Å². The zero-order valence-corrected chi connectivity index (χ0v) is 17.0. The van der Waals surface area contributed by atoms with Crippen LogP contribution in [0.2, 0.25) is 0 Å². The third kappa shape index (κ3) is 5.11. The van der Waals surface area contributed by atoms with Crippen molar-refractivity contribution in [3.8, 4) is 5.75 Å². The van der Waals surface area contributed by atoms with E-state index in [1.807, 2.05) is 16.7 Å². The first-order valence-electron chi connectivity index (χ1n) is 10.1. The minimum atomic E-state index is 0.0546. The fraction of sp³-hybridized carbons (Fsp3) is 0.500. The Hall–Kier alpha value is -1.92. The number of piperidine rings is 1. The fourth-order valence-electron chi connectivity index (χ4n) is 3.88. The molecule has 0 spiro atoms. The van der Waals surface area contributed by atoms with E-state index in [2.05, 4.69) is 29.2 Å². The maximum absolute atomic E-state index is 12.5. The lowest BCUT2D eigenvalue weighted by Gasteiger charge is -2.32. The maximum Gasteiger partial charge on any atom is 0.257 e. The van der Waals surface area contributed by atoms with Crippen LogP contribution in [-0.2, 0) is 6.54 Å². The van der Waals surface area contributed by atoms with Crippen molar-refractivity contribution < 1.29 is 13.9 Å². The van der Waals surface area contributed by atoms with Gasteiger partial charge in [0.1, 0.15) is 12.0 Å². The molecule has 150 valence electrons. The van der Waals surface area contributed by atoms with Crippen LogP contribution < -0.4 is 4.74 Å². The van der Waals surface area contributed by atoms with Crippen molar-refractivity contribution >= 4 is 17.7 Å². The average Bonchev–Trinajstić information content (AvgIpc) is 3.29. The zero-order valence-electron chi connectivity index (χ0n) is 16.2. The van der Waals surface area contributed by atoms with Crippen LogP contribution in [0, 0.1) is 5.92 Å². The van der Waals surface area contributed by atoms with Gasteiger partial charge in [-0.2, -0.15) is 11.8 Å². The number of nitrogens with zero attached hydrogens (tertiary/aromatic N) is 2. The van der Waals surface area contributed by atoms with Gasteiger partial charge < -0.3 is 14.1 Å². The van der Waals surface area contributed by atoms with Crippen molar-refractivity contribution in [2.24, 2.45) is 5.92 Å². The molecule has 0 bridgehead atoms. The molecule has 2 saturated heterocycles. The van der Waals surface area contributed by atoms with Crippen LogP contribution in [0.15, 0.2) is 47.3 Å². The predicted octanol–water partition coefficient (Wildman–Crippen LogP) is 3.76. The Morgan fingerprint density at radius 2 is 1.96 bits per heavy atom. The summed E-state index contributed by atoms with van der Waals surface area (Å²) in [5.74, 6) is 3.82. The third-order valence-corrected chi connectivity index (χ3v) is 6.44. The summed E-state index contributed by atoms with van der Waals surface area (Å²) in [4.78, 5) is 16.9. The van der Waals surface area contributed by atoms with Crippen molar-refractivity contribution in [3.05, 3.63) is 54.0 Å². The quantitative estimate of drug-likeness (QED) is 0.739. The van der Waals surface area contributed by atoms with Gasteiger partial charge in [0.2, 0.25) is 0 Å². The number of thioether (sulfide) groups is 1. The Labute approximate surface area is 171 Å². The third-order valence-electron chi connectivity index (χ3n) is 5.49. The summed E-state index contributed by atoms with van der Waals surface area (Å²) in [6, 6.07) is 10.2. The largest absolute Gasteiger partial charge is 0.493 e. The minimum Gasteiger partial charge on any atom is -0.493 e. The molecule has 3 heterocycles. The molecule has 5 nitrogen and oxygen atoms in total. The molecule has 4 rings (SSSR count). The Morgan fingerprint density at radius 1 is 1.14 bits per heavy atom. The van der Waals surface area contributed by atoms with Gasteiger partial charge in [0.15, 0.2) is 0 Å². The Morgan fingerprint density at radius 3 is 2.71 bits per heavy atom. The van der Waals surface area contributed by atoms with E-state index >= 15 is 0 Å². The predicted molar refractivity (Wildman–Crippen MR) is 112 cm³/mol. The molecule has 1 aromatic heterocycles. The average molecular weight is 401 g/mol. The van der Waals surface area contributed by atoms with Gasteiger partial charge in [-0.25, -0.2) is 0 Å². The van der Waals surface area contributed by atoms with Gasteiger partial charge in [-0.3, -0.25) is 9.69 Å². The second-order valence-corrected chi connectivity index (χ2v) is 8.84. The maximum atomic E-state index is 12.5. The number of benzene rings is 1. The van der Waals surface area contributed by atoms with Gasteiger partial charge in [-0.05, 0) is 36.6 Å². The van der Waals surface area contributed by atoms with Gasteiger partial charge in [0.25, 0.3) is 5.91 Å². The molecule has 6 heteroatoms. The van der Waals surface area contributed by atoms with Crippen LogP contribution in [0.5, 0.6) is 5.75 Å². The Bertz CT molecular complexity index is 742. The second-order valence-electron chi connectivity index (χ2n) is 7.61. The summed E-state index contributed by atoms with van der Waals surface area (Å²) in [6.07, 6.45) is 5.18. The van der Waals surface area contributed by atoms with Crippen LogP contribution in [-0.4, -0.2) is 60.0 Å². The van der Waals surface area contributed by atoms with E-state index < -0.39 is 0 Å². The van der Waals surface area contributed by atoms with Crippen LogP contribution in [0.3, 0.4) is 0 Å². The van der Waals surface area contributed by atoms with Crippen LogP contribution in [0.4, 0.5) is 0 Å². The highest BCUT2D eigenvalue weighted by Gasteiger charge is 2.25. The van der Waals surface area contributed by atoms with E-state index in [1.54, 1.807) is 12.3 Å². The first-order valence-corrected chi connectivity index (χ1v) is 11.3. The van der Waals surface area contributed by atoms with Gasteiger partial charge in [-0.15, -0.1) is 0 Å². The zero-order chi connectivity index (χ0) is 19.2. The smallest absolute Gasteiger partial charge is 0.257 e. The fourth-order valence-corrected chi connectivity index (χ4v) is 4.86. The van der Waals surface area contributed by atoms with E-state index in [0.717, 1.165) is 38.2 Å².